The molecule has 0 amide bonds. The van der Waals surface area contributed by atoms with Gasteiger partial charge in [-0.3, -0.25) is 0 Å². The van der Waals surface area contributed by atoms with E-state index in [1.807, 2.05) is 13.1 Å². The monoisotopic (exact) mass is 411 g/mol. The molecule has 0 aliphatic carbocycles. The number of pyridine rings is 2. The summed E-state index contributed by atoms with van der Waals surface area (Å²) in [5.41, 5.74) is 7.82. The SMILES string of the molecule is Cc1ccc2c(oc3nc(F)ccc32)c1-c1cc(-c2ccc(C(C)C)cc2)cc[n+]1C. The van der Waals surface area contributed by atoms with E-state index in [1.165, 1.54) is 17.2 Å². The predicted molar refractivity (Wildman–Crippen MR) is 122 cm³/mol. The van der Waals surface area contributed by atoms with Gasteiger partial charge in [0.05, 0.1) is 5.56 Å². The Kier molecular flexibility index (Phi) is 4.58. The van der Waals surface area contributed by atoms with Crippen molar-refractivity contribution in [2.75, 3.05) is 0 Å². The van der Waals surface area contributed by atoms with Crippen LogP contribution in [0, 0.1) is 12.9 Å². The van der Waals surface area contributed by atoms with Crippen LogP contribution in [0.25, 0.3) is 44.5 Å². The molecule has 5 rings (SSSR count). The van der Waals surface area contributed by atoms with Gasteiger partial charge in [0.2, 0.25) is 17.4 Å². The lowest BCUT2D eigenvalue weighted by atomic mass is 9.96. The van der Waals surface area contributed by atoms with Gasteiger partial charge in [-0.05, 0) is 47.2 Å². The number of hydrogen-bond donors (Lipinski definition) is 0. The number of nitrogens with zero attached hydrogens (tertiary/aromatic N) is 2. The van der Waals surface area contributed by atoms with Gasteiger partial charge < -0.3 is 4.42 Å². The molecule has 3 nitrogen and oxygen atoms in total. The molecule has 0 bridgehead atoms. The second-order valence-electron chi connectivity index (χ2n) is 8.41. The van der Waals surface area contributed by atoms with Gasteiger partial charge in [-0.1, -0.05) is 50.2 Å². The molecule has 5 aromatic rings. The third-order valence-corrected chi connectivity index (χ3v) is 6.00. The molecular weight excluding hydrogens is 387 g/mol. The number of aromatic nitrogens is 2. The first kappa shape index (κ1) is 19.4. The van der Waals surface area contributed by atoms with Crippen LogP contribution in [0.3, 0.4) is 0 Å². The van der Waals surface area contributed by atoms with Gasteiger partial charge in [0.1, 0.15) is 7.05 Å². The van der Waals surface area contributed by atoms with Crippen LogP contribution < -0.4 is 4.57 Å². The molecule has 0 saturated carbocycles. The van der Waals surface area contributed by atoms with E-state index >= 15 is 0 Å². The maximum absolute atomic E-state index is 13.7. The molecule has 154 valence electrons. The summed E-state index contributed by atoms with van der Waals surface area (Å²) in [5, 5.41) is 1.76. The Morgan fingerprint density at radius 1 is 0.903 bits per heavy atom. The maximum atomic E-state index is 13.7. The molecule has 0 fully saturated rings. The fourth-order valence-electron chi connectivity index (χ4n) is 4.17. The fraction of sp³-hybridized carbons (Fsp3) is 0.185. The molecule has 0 aliphatic heterocycles. The molecular formula is C27H24FN2O+. The number of aryl methyl sites for hydroxylation is 2. The van der Waals surface area contributed by atoms with Crippen molar-refractivity contribution < 1.29 is 13.4 Å². The standard InChI is InChI=1S/C27H24FN2O/c1-16(2)18-6-8-19(9-7-18)20-13-14-30(4)23(15-20)25-17(3)5-10-21-22-11-12-24(28)29-27(22)31-26(21)25/h5-16H,1-4H3/q+1. The van der Waals surface area contributed by atoms with Crippen molar-refractivity contribution in [3.8, 4) is 22.4 Å². The maximum Gasteiger partial charge on any atom is 0.229 e. The minimum Gasteiger partial charge on any atom is -0.437 e. The zero-order valence-electron chi connectivity index (χ0n) is 18.1. The Morgan fingerprint density at radius 3 is 2.39 bits per heavy atom. The topological polar surface area (TPSA) is 29.9 Å². The lowest BCUT2D eigenvalue weighted by molar-refractivity contribution is -0.660. The van der Waals surface area contributed by atoms with Crippen LogP contribution >= 0.6 is 0 Å². The van der Waals surface area contributed by atoms with Crippen LogP contribution in [-0.2, 0) is 7.05 Å². The largest absolute Gasteiger partial charge is 0.437 e. The molecule has 31 heavy (non-hydrogen) atoms. The van der Waals surface area contributed by atoms with E-state index in [9.17, 15) is 4.39 Å². The summed E-state index contributed by atoms with van der Waals surface area (Å²) < 4.78 is 21.8. The van der Waals surface area contributed by atoms with Crippen LogP contribution in [0.4, 0.5) is 4.39 Å². The summed E-state index contributed by atoms with van der Waals surface area (Å²) in [6.45, 7) is 6.47. The van der Waals surface area contributed by atoms with Gasteiger partial charge in [-0.2, -0.15) is 9.37 Å². The first-order valence-electron chi connectivity index (χ1n) is 10.5. The molecule has 0 radical (unpaired) electrons. The van der Waals surface area contributed by atoms with Crippen molar-refractivity contribution in [1.29, 1.82) is 0 Å². The van der Waals surface area contributed by atoms with Crippen LogP contribution in [0.1, 0.15) is 30.9 Å². The third-order valence-electron chi connectivity index (χ3n) is 6.00. The highest BCUT2D eigenvalue weighted by Gasteiger charge is 2.22. The normalized spacial score (nSPS) is 11.7. The highest BCUT2D eigenvalue weighted by atomic mass is 19.1. The highest BCUT2D eigenvalue weighted by molar-refractivity contribution is 6.08. The van der Waals surface area contributed by atoms with Crippen LogP contribution in [0.15, 0.2) is 71.3 Å². The molecule has 3 heterocycles. The Morgan fingerprint density at radius 2 is 1.65 bits per heavy atom. The molecule has 0 unspecified atom stereocenters. The van der Waals surface area contributed by atoms with Crippen LogP contribution in [-0.4, -0.2) is 4.98 Å². The summed E-state index contributed by atoms with van der Waals surface area (Å²) in [5.74, 6) is -0.0350. The van der Waals surface area contributed by atoms with Gasteiger partial charge in [0.25, 0.3) is 0 Å². The third kappa shape index (κ3) is 3.28. The second-order valence-corrected chi connectivity index (χ2v) is 8.41. The minimum atomic E-state index is -0.540. The van der Waals surface area contributed by atoms with E-state index in [1.54, 1.807) is 6.07 Å². The average molecular weight is 412 g/mol. The summed E-state index contributed by atoms with van der Waals surface area (Å²) in [6.07, 6.45) is 2.07. The average Bonchev–Trinajstić information content (AvgIpc) is 3.12. The summed E-state index contributed by atoms with van der Waals surface area (Å²) in [7, 11) is 2.03. The molecule has 2 aromatic carbocycles. The Labute approximate surface area is 180 Å². The smallest absolute Gasteiger partial charge is 0.229 e. The van der Waals surface area contributed by atoms with E-state index in [2.05, 4.69) is 79.0 Å². The Balaban J connectivity index is 1.72. The van der Waals surface area contributed by atoms with Gasteiger partial charge in [-0.15, -0.1) is 0 Å². The van der Waals surface area contributed by atoms with E-state index < -0.39 is 5.95 Å². The van der Waals surface area contributed by atoms with E-state index in [0.29, 0.717) is 11.6 Å². The highest BCUT2D eigenvalue weighted by Crippen LogP contribution is 2.37. The Hall–Kier alpha value is -3.53. The number of halogens is 1. The predicted octanol–water partition coefficient (Wildman–Crippen LogP) is 6.71. The van der Waals surface area contributed by atoms with Crippen molar-refractivity contribution in [3.63, 3.8) is 0 Å². The molecule has 0 atom stereocenters. The molecule has 3 aromatic heterocycles. The minimum absolute atomic E-state index is 0.324. The lowest BCUT2D eigenvalue weighted by Gasteiger charge is -2.09. The zero-order chi connectivity index (χ0) is 21.7. The molecule has 0 saturated heterocycles. The van der Waals surface area contributed by atoms with Crippen molar-refractivity contribution in [1.82, 2.24) is 4.98 Å². The number of benzene rings is 2. The van der Waals surface area contributed by atoms with Gasteiger partial charge >= 0.3 is 0 Å². The van der Waals surface area contributed by atoms with E-state index in [0.717, 1.165) is 38.7 Å². The quantitative estimate of drug-likeness (QED) is 0.244. The zero-order valence-corrected chi connectivity index (χ0v) is 18.1. The first-order valence-corrected chi connectivity index (χ1v) is 10.5. The van der Waals surface area contributed by atoms with E-state index in [-0.39, 0.29) is 0 Å². The summed E-state index contributed by atoms with van der Waals surface area (Å²) >= 11 is 0. The number of hydrogen-bond acceptors (Lipinski definition) is 2. The van der Waals surface area contributed by atoms with Crippen molar-refractivity contribution >= 4 is 22.1 Å². The molecule has 0 aliphatic rings. The lowest BCUT2D eigenvalue weighted by Crippen LogP contribution is -2.30. The molecule has 4 heteroatoms. The van der Waals surface area contributed by atoms with E-state index in [4.69, 9.17) is 4.42 Å². The fourth-order valence-corrected chi connectivity index (χ4v) is 4.17. The molecule has 0 N–H and O–H groups in total. The van der Waals surface area contributed by atoms with Crippen LogP contribution in [0.2, 0.25) is 0 Å². The molecule has 0 spiro atoms. The summed E-state index contributed by atoms with van der Waals surface area (Å²) in [4.78, 5) is 3.95. The van der Waals surface area contributed by atoms with Crippen LogP contribution in [0.5, 0.6) is 0 Å². The number of fused-ring (bicyclic) bond motifs is 3. The van der Waals surface area contributed by atoms with Gasteiger partial charge in [0, 0.05) is 22.9 Å². The first-order chi connectivity index (χ1) is 14.9. The van der Waals surface area contributed by atoms with Crippen molar-refractivity contribution in [2.45, 2.75) is 26.7 Å². The number of rotatable bonds is 3. The van der Waals surface area contributed by atoms with Crippen molar-refractivity contribution in [3.05, 3.63) is 83.9 Å². The van der Waals surface area contributed by atoms with Gasteiger partial charge in [-0.25, -0.2) is 4.57 Å². The Bertz CT molecular complexity index is 1430. The summed E-state index contributed by atoms with van der Waals surface area (Å²) in [6, 6.07) is 20.3. The number of furan rings is 1. The van der Waals surface area contributed by atoms with Gasteiger partial charge in [0.15, 0.2) is 11.8 Å². The van der Waals surface area contributed by atoms with Crippen molar-refractivity contribution in [2.24, 2.45) is 7.05 Å². The second kappa shape index (κ2) is 7.31.